The van der Waals surface area contributed by atoms with Gasteiger partial charge < -0.3 is 4.74 Å². The maximum absolute atomic E-state index is 5.29. The molecule has 1 unspecified atom stereocenters. The summed E-state index contributed by atoms with van der Waals surface area (Å²) in [4.78, 5) is 0. The van der Waals surface area contributed by atoms with Crippen molar-refractivity contribution in [1.29, 1.82) is 0 Å². The van der Waals surface area contributed by atoms with Crippen molar-refractivity contribution in [2.75, 3.05) is 6.61 Å². The summed E-state index contributed by atoms with van der Waals surface area (Å²) in [6, 6.07) is 1.99. The van der Waals surface area contributed by atoms with Crippen LogP contribution in [0.25, 0.3) is 0 Å². The maximum atomic E-state index is 5.29. The molecule has 60 valence electrons. The number of hydrogen-bond donors (Lipinski definition) is 0. The SMILES string of the molecule is Cn1nc(Br)cc1C1(C)CO1. The van der Waals surface area contributed by atoms with Crippen LogP contribution in [0.3, 0.4) is 0 Å². The second-order valence-electron chi connectivity index (χ2n) is 3.00. The van der Waals surface area contributed by atoms with Crippen molar-refractivity contribution in [2.24, 2.45) is 7.05 Å². The number of aromatic nitrogens is 2. The summed E-state index contributed by atoms with van der Waals surface area (Å²) in [5.74, 6) is 0. The Balaban J connectivity index is 2.44. The van der Waals surface area contributed by atoms with Crippen LogP contribution >= 0.6 is 15.9 Å². The molecule has 0 saturated carbocycles. The summed E-state index contributed by atoms with van der Waals surface area (Å²) in [7, 11) is 1.92. The summed E-state index contributed by atoms with van der Waals surface area (Å²) < 4.78 is 8.01. The first-order chi connectivity index (χ1) is 5.12. The third kappa shape index (κ3) is 1.10. The van der Waals surface area contributed by atoms with E-state index in [-0.39, 0.29) is 5.60 Å². The molecule has 11 heavy (non-hydrogen) atoms. The lowest BCUT2D eigenvalue weighted by Gasteiger charge is -2.03. The first-order valence-corrected chi connectivity index (χ1v) is 4.25. The lowest BCUT2D eigenvalue weighted by Crippen LogP contribution is -2.09. The number of aryl methyl sites for hydroxylation is 1. The predicted octanol–water partition coefficient (Wildman–Crippen LogP) is 1.43. The molecule has 1 saturated heterocycles. The van der Waals surface area contributed by atoms with Gasteiger partial charge in [0.25, 0.3) is 0 Å². The molecule has 4 heteroatoms. The lowest BCUT2D eigenvalue weighted by atomic mass is 10.1. The minimum absolute atomic E-state index is 0.0756. The van der Waals surface area contributed by atoms with Crippen LogP contribution in [-0.2, 0) is 17.4 Å². The Hall–Kier alpha value is -0.350. The molecule has 1 fully saturated rings. The van der Waals surface area contributed by atoms with Crippen molar-refractivity contribution in [2.45, 2.75) is 12.5 Å². The molecule has 0 spiro atoms. The van der Waals surface area contributed by atoms with Gasteiger partial charge in [0, 0.05) is 7.05 Å². The highest BCUT2D eigenvalue weighted by Gasteiger charge is 2.43. The number of hydrogen-bond acceptors (Lipinski definition) is 2. The monoisotopic (exact) mass is 216 g/mol. The van der Waals surface area contributed by atoms with Crippen LogP contribution in [0.4, 0.5) is 0 Å². The van der Waals surface area contributed by atoms with E-state index >= 15 is 0 Å². The van der Waals surface area contributed by atoms with Crippen LogP contribution in [0.1, 0.15) is 12.6 Å². The average Bonchev–Trinajstić information content (AvgIpc) is 2.55. The van der Waals surface area contributed by atoms with Gasteiger partial charge in [-0.05, 0) is 28.9 Å². The molecule has 0 amide bonds. The van der Waals surface area contributed by atoms with E-state index in [2.05, 4.69) is 28.0 Å². The Morgan fingerprint density at radius 2 is 2.45 bits per heavy atom. The van der Waals surface area contributed by atoms with Gasteiger partial charge in [-0.25, -0.2) is 0 Å². The number of rotatable bonds is 1. The molecule has 1 aliphatic rings. The third-order valence-corrected chi connectivity index (χ3v) is 2.36. The van der Waals surface area contributed by atoms with Gasteiger partial charge in [0.1, 0.15) is 10.2 Å². The fourth-order valence-electron chi connectivity index (χ4n) is 1.18. The molecule has 1 aromatic heterocycles. The molecular weight excluding hydrogens is 208 g/mol. The highest BCUT2D eigenvalue weighted by atomic mass is 79.9. The molecule has 2 heterocycles. The fourth-order valence-corrected chi connectivity index (χ4v) is 1.64. The molecule has 2 rings (SSSR count). The molecule has 0 aromatic carbocycles. The van der Waals surface area contributed by atoms with E-state index in [1.54, 1.807) is 0 Å². The van der Waals surface area contributed by atoms with Crippen molar-refractivity contribution < 1.29 is 4.74 Å². The van der Waals surface area contributed by atoms with Gasteiger partial charge in [0.2, 0.25) is 0 Å². The summed E-state index contributed by atoms with van der Waals surface area (Å²) in [6.45, 7) is 2.87. The molecule has 1 aliphatic heterocycles. The Morgan fingerprint density at radius 3 is 2.82 bits per heavy atom. The van der Waals surface area contributed by atoms with Crippen LogP contribution in [-0.4, -0.2) is 16.4 Å². The summed E-state index contributed by atoms with van der Waals surface area (Å²) >= 11 is 3.32. The molecule has 1 aromatic rings. The van der Waals surface area contributed by atoms with Crippen LogP contribution in [0.5, 0.6) is 0 Å². The van der Waals surface area contributed by atoms with Gasteiger partial charge in [0.05, 0.1) is 12.3 Å². The van der Waals surface area contributed by atoms with Crippen LogP contribution < -0.4 is 0 Å². The topological polar surface area (TPSA) is 30.4 Å². The Morgan fingerprint density at radius 1 is 1.82 bits per heavy atom. The smallest absolute Gasteiger partial charge is 0.130 e. The largest absolute Gasteiger partial charge is 0.363 e. The number of nitrogens with zero attached hydrogens (tertiary/aromatic N) is 2. The summed E-state index contributed by atoms with van der Waals surface area (Å²) in [5.41, 5.74) is 1.05. The number of halogens is 1. The molecule has 0 bridgehead atoms. The Kier molecular flexibility index (Phi) is 1.38. The molecule has 0 N–H and O–H groups in total. The van der Waals surface area contributed by atoms with Crippen molar-refractivity contribution in [1.82, 2.24) is 9.78 Å². The van der Waals surface area contributed by atoms with Crippen LogP contribution in [0.2, 0.25) is 0 Å². The van der Waals surface area contributed by atoms with Crippen molar-refractivity contribution in [3.05, 3.63) is 16.4 Å². The standard InChI is InChI=1S/C7H9BrN2O/c1-7(4-11-7)5-3-6(8)9-10(5)2/h3H,4H2,1-2H3. The van der Waals surface area contributed by atoms with E-state index in [1.165, 1.54) is 0 Å². The minimum Gasteiger partial charge on any atom is -0.363 e. The first kappa shape index (κ1) is 7.31. The van der Waals surface area contributed by atoms with E-state index in [4.69, 9.17) is 4.74 Å². The average molecular weight is 217 g/mol. The van der Waals surface area contributed by atoms with Gasteiger partial charge in [-0.2, -0.15) is 5.10 Å². The minimum atomic E-state index is -0.0756. The molecule has 0 radical (unpaired) electrons. The number of ether oxygens (including phenoxy) is 1. The zero-order valence-electron chi connectivity index (χ0n) is 6.47. The normalized spacial score (nSPS) is 29.0. The highest BCUT2D eigenvalue weighted by Crippen LogP contribution is 2.38. The van der Waals surface area contributed by atoms with Gasteiger partial charge in [-0.3, -0.25) is 4.68 Å². The van der Waals surface area contributed by atoms with E-state index < -0.39 is 0 Å². The Labute approximate surface area is 73.5 Å². The molecule has 3 nitrogen and oxygen atoms in total. The van der Waals surface area contributed by atoms with Gasteiger partial charge >= 0.3 is 0 Å². The summed E-state index contributed by atoms with van der Waals surface area (Å²) in [6.07, 6.45) is 0. The van der Waals surface area contributed by atoms with Crippen LogP contribution in [0, 0.1) is 0 Å². The van der Waals surface area contributed by atoms with E-state index in [9.17, 15) is 0 Å². The van der Waals surface area contributed by atoms with E-state index in [0.29, 0.717) is 0 Å². The summed E-state index contributed by atoms with van der Waals surface area (Å²) in [5, 5.41) is 4.17. The second kappa shape index (κ2) is 2.08. The van der Waals surface area contributed by atoms with Crippen molar-refractivity contribution in [3.63, 3.8) is 0 Å². The fraction of sp³-hybridized carbons (Fsp3) is 0.571. The molecule has 0 aliphatic carbocycles. The maximum Gasteiger partial charge on any atom is 0.130 e. The Bertz CT molecular complexity index is 291. The number of epoxide rings is 1. The zero-order valence-corrected chi connectivity index (χ0v) is 8.05. The van der Waals surface area contributed by atoms with E-state index in [0.717, 1.165) is 16.9 Å². The van der Waals surface area contributed by atoms with Crippen LogP contribution in [0.15, 0.2) is 10.7 Å². The van der Waals surface area contributed by atoms with Crippen molar-refractivity contribution in [3.8, 4) is 0 Å². The van der Waals surface area contributed by atoms with E-state index in [1.807, 2.05) is 17.8 Å². The lowest BCUT2D eigenvalue weighted by molar-refractivity contribution is 0.316. The van der Waals surface area contributed by atoms with Gasteiger partial charge in [-0.1, -0.05) is 0 Å². The quantitative estimate of drug-likeness (QED) is 0.666. The second-order valence-corrected chi connectivity index (χ2v) is 3.81. The third-order valence-electron chi connectivity index (χ3n) is 1.97. The predicted molar refractivity (Wildman–Crippen MR) is 44.2 cm³/mol. The highest BCUT2D eigenvalue weighted by molar-refractivity contribution is 9.10. The van der Waals surface area contributed by atoms with Crippen molar-refractivity contribution >= 4 is 15.9 Å². The molecular formula is C7H9BrN2O. The zero-order chi connectivity index (χ0) is 8.06. The first-order valence-electron chi connectivity index (χ1n) is 3.46. The van der Waals surface area contributed by atoms with Gasteiger partial charge in [0.15, 0.2) is 0 Å². The van der Waals surface area contributed by atoms with Gasteiger partial charge in [-0.15, -0.1) is 0 Å². The molecule has 1 atom stereocenters.